The van der Waals surface area contributed by atoms with Gasteiger partial charge in [-0.25, -0.2) is 0 Å². The Morgan fingerprint density at radius 3 is 2.63 bits per heavy atom. The zero-order chi connectivity index (χ0) is 13.8. The van der Waals surface area contributed by atoms with Crippen LogP contribution in [0.3, 0.4) is 0 Å². The molecule has 1 unspecified atom stereocenters. The number of rotatable bonds is 5. The Morgan fingerprint density at radius 2 is 2.05 bits per heavy atom. The van der Waals surface area contributed by atoms with Gasteiger partial charge in [0.05, 0.1) is 5.92 Å². The van der Waals surface area contributed by atoms with Crippen LogP contribution in [0.1, 0.15) is 6.42 Å². The highest BCUT2D eigenvalue weighted by atomic mass is 35.5. The molecule has 1 fully saturated rings. The Morgan fingerprint density at radius 1 is 1.37 bits per heavy atom. The van der Waals surface area contributed by atoms with E-state index < -0.39 is 5.97 Å². The Hall–Kier alpha value is -0.970. The molecule has 19 heavy (non-hydrogen) atoms. The van der Waals surface area contributed by atoms with Gasteiger partial charge in [-0.05, 0) is 31.2 Å². The van der Waals surface area contributed by atoms with Gasteiger partial charge in [0.15, 0.2) is 0 Å². The molecule has 4 nitrogen and oxygen atoms in total. The normalized spacial score (nSPS) is 19.6. The highest BCUT2D eigenvalue weighted by molar-refractivity contribution is 6.34. The summed E-state index contributed by atoms with van der Waals surface area (Å²) in [6, 6.07) is 5.06. The van der Waals surface area contributed by atoms with Gasteiger partial charge in [0, 0.05) is 23.1 Å². The van der Waals surface area contributed by atoms with Crippen LogP contribution in [0.4, 0.5) is 0 Å². The van der Waals surface area contributed by atoms with E-state index >= 15 is 0 Å². The van der Waals surface area contributed by atoms with Crippen molar-refractivity contribution in [2.24, 2.45) is 5.92 Å². The Labute approximate surface area is 121 Å². The number of nitrogens with zero attached hydrogens (tertiary/aromatic N) is 1. The number of hydrogen-bond donors (Lipinski definition) is 1. The number of carboxylic acid groups (broad SMARTS) is 1. The third kappa shape index (κ3) is 4.27. The summed E-state index contributed by atoms with van der Waals surface area (Å²) in [5, 5.41) is 9.98. The lowest BCUT2D eigenvalue weighted by Crippen LogP contribution is -2.27. The molecular weight excluding hydrogens is 289 g/mol. The molecule has 1 heterocycles. The minimum atomic E-state index is -0.718. The van der Waals surface area contributed by atoms with Crippen LogP contribution in [0, 0.1) is 5.92 Å². The molecule has 2 rings (SSSR count). The minimum absolute atomic E-state index is 0.249. The van der Waals surface area contributed by atoms with Crippen LogP contribution in [0.15, 0.2) is 18.2 Å². The van der Waals surface area contributed by atoms with Crippen molar-refractivity contribution in [1.29, 1.82) is 0 Å². The average Bonchev–Trinajstić information content (AvgIpc) is 2.76. The van der Waals surface area contributed by atoms with Crippen molar-refractivity contribution in [2.75, 3.05) is 26.2 Å². The standard InChI is InChI=1S/C13H15Cl2NO3/c14-10-5-11(15)7-12(6-10)19-4-3-16-2-1-9(8-16)13(17)18/h5-7,9H,1-4,8H2,(H,17,18). The van der Waals surface area contributed by atoms with Gasteiger partial charge in [0.1, 0.15) is 12.4 Å². The largest absolute Gasteiger partial charge is 0.492 e. The second-order valence-corrected chi connectivity index (χ2v) is 5.45. The van der Waals surface area contributed by atoms with Crippen LogP contribution in [-0.2, 0) is 4.79 Å². The predicted molar refractivity (Wildman–Crippen MR) is 74.1 cm³/mol. The number of carboxylic acids is 1. The highest BCUT2D eigenvalue weighted by Crippen LogP contribution is 2.24. The van der Waals surface area contributed by atoms with E-state index in [4.69, 9.17) is 33.0 Å². The lowest BCUT2D eigenvalue weighted by molar-refractivity contribution is -0.141. The number of halogens is 2. The van der Waals surface area contributed by atoms with E-state index in [1.807, 2.05) is 0 Å². The van der Waals surface area contributed by atoms with Crippen LogP contribution < -0.4 is 4.74 Å². The molecular formula is C13H15Cl2NO3. The van der Waals surface area contributed by atoms with Crippen molar-refractivity contribution in [3.63, 3.8) is 0 Å². The summed E-state index contributed by atoms with van der Waals surface area (Å²) in [7, 11) is 0. The molecule has 1 aliphatic rings. The van der Waals surface area contributed by atoms with Crippen molar-refractivity contribution >= 4 is 29.2 Å². The number of benzene rings is 1. The van der Waals surface area contributed by atoms with Crippen LogP contribution >= 0.6 is 23.2 Å². The van der Waals surface area contributed by atoms with Crippen molar-refractivity contribution in [1.82, 2.24) is 4.90 Å². The van der Waals surface area contributed by atoms with E-state index in [1.54, 1.807) is 18.2 Å². The monoisotopic (exact) mass is 303 g/mol. The second kappa shape index (κ2) is 6.46. The fourth-order valence-corrected chi connectivity index (χ4v) is 2.65. The molecule has 0 bridgehead atoms. The second-order valence-electron chi connectivity index (χ2n) is 4.58. The fraction of sp³-hybridized carbons (Fsp3) is 0.462. The van der Waals surface area contributed by atoms with E-state index in [0.29, 0.717) is 41.9 Å². The average molecular weight is 304 g/mol. The van der Waals surface area contributed by atoms with Gasteiger partial charge in [-0.3, -0.25) is 9.69 Å². The summed E-state index contributed by atoms with van der Waals surface area (Å²) in [6.07, 6.45) is 0.707. The van der Waals surface area contributed by atoms with Crippen molar-refractivity contribution < 1.29 is 14.6 Å². The molecule has 1 saturated heterocycles. The zero-order valence-electron chi connectivity index (χ0n) is 10.3. The number of likely N-dealkylation sites (tertiary alicyclic amines) is 1. The molecule has 0 aliphatic carbocycles. The molecule has 1 N–H and O–H groups in total. The van der Waals surface area contributed by atoms with Crippen molar-refractivity contribution in [3.8, 4) is 5.75 Å². The van der Waals surface area contributed by atoms with Crippen LogP contribution in [0.2, 0.25) is 10.0 Å². The number of hydrogen-bond acceptors (Lipinski definition) is 3. The van der Waals surface area contributed by atoms with Gasteiger partial charge in [-0.2, -0.15) is 0 Å². The molecule has 0 radical (unpaired) electrons. The molecule has 1 aromatic rings. The van der Waals surface area contributed by atoms with Gasteiger partial charge >= 0.3 is 5.97 Å². The molecule has 104 valence electrons. The SMILES string of the molecule is O=C(O)C1CCN(CCOc2cc(Cl)cc(Cl)c2)C1. The summed E-state index contributed by atoms with van der Waals surface area (Å²) in [6.45, 7) is 2.59. The summed E-state index contributed by atoms with van der Waals surface area (Å²) in [5.41, 5.74) is 0. The smallest absolute Gasteiger partial charge is 0.307 e. The molecule has 6 heteroatoms. The molecule has 1 atom stereocenters. The van der Waals surface area contributed by atoms with Crippen LogP contribution in [0.5, 0.6) is 5.75 Å². The number of ether oxygens (including phenoxy) is 1. The van der Waals surface area contributed by atoms with E-state index in [9.17, 15) is 4.79 Å². The topological polar surface area (TPSA) is 49.8 Å². The Kier molecular flexibility index (Phi) is 4.91. The van der Waals surface area contributed by atoms with Gasteiger partial charge in [0.25, 0.3) is 0 Å². The van der Waals surface area contributed by atoms with Gasteiger partial charge in [-0.15, -0.1) is 0 Å². The Balaban J connectivity index is 1.76. The maximum Gasteiger partial charge on any atom is 0.307 e. The van der Waals surface area contributed by atoms with E-state index in [0.717, 1.165) is 6.54 Å². The molecule has 0 amide bonds. The first-order valence-corrected chi connectivity index (χ1v) is 6.84. The first-order valence-electron chi connectivity index (χ1n) is 6.08. The lowest BCUT2D eigenvalue weighted by Gasteiger charge is -2.15. The quantitative estimate of drug-likeness (QED) is 0.909. The van der Waals surface area contributed by atoms with Crippen LogP contribution in [0.25, 0.3) is 0 Å². The lowest BCUT2D eigenvalue weighted by atomic mass is 10.1. The van der Waals surface area contributed by atoms with Gasteiger partial charge in [-0.1, -0.05) is 23.2 Å². The summed E-state index contributed by atoms with van der Waals surface area (Å²) >= 11 is 11.7. The van der Waals surface area contributed by atoms with E-state index in [1.165, 1.54) is 0 Å². The predicted octanol–water partition coefficient (Wildman–Crippen LogP) is 2.78. The van der Waals surface area contributed by atoms with Gasteiger partial charge < -0.3 is 9.84 Å². The van der Waals surface area contributed by atoms with Crippen molar-refractivity contribution in [3.05, 3.63) is 28.2 Å². The molecule has 0 saturated carbocycles. The van der Waals surface area contributed by atoms with Gasteiger partial charge in [0.2, 0.25) is 0 Å². The summed E-state index contributed by atoms with van der Waals surface area (Å²) in [4.78, 5) is 12.9. The molecule has 0 spiro atoms. The molecule has 1 aliphatic heterocycles. The minimum Gasteiger partial charge on any atom is -0.492 e. The van der Waals surface area contributed by atoms with Crippen LogP contribution in [-0.4, -0.2) is 42.2 Å². The molecule has 1 aromatic carbocycles. The fourth-order valence-electron chi connectivity index (χ4n) is 2.14. The summed E-state index contributed by atoms with van der Waals surface area (Å²) in [5.74, 6) is -0.336. The Bertz CT molecular complexity index is 447. The summed E-state index contributed by atoms with van der Waals surface area (Å²) < 4.78 is 5.57. The number of aliphatic carboxylic acids is 1. The third-order valence-corrected chi connectivity index (χ3v) is 3.57. The maximum absolute atomic E-state index is 10.8. The highest BCUT2D eigenvalue weighted by Gasteiger charge is 2.27. The number of carbonyl (C=O) groups is 1. The molecule has 0 aromatic heterocycles. The first-order chi connectivity index (χ1) is 9.04. The third-order valence-electron chi connectivity index (χ3n) is 3.13. The van der Waals surface area contributed by atoms with E-state index in [-0.39, 0.29) is 5.92 Å². The zero-order valence-corrected chi connectivity index (χ0v) is 11.8. The van der Waals surface area contributed by atoms with Crippen molar-refractivity contribution in [2.45, 2.75) is 6.42 Å². The first kappa shape index (κ1) is 14.4. The van der Waals surface area contributed by atoms with E-state index in [2.05, 4.69) is 4.90 Å². The maximum atomic E-state index is 10.8.